The van der Waals surface area contributed by atoms with Gasteiger partial charge in [-0.3, -0.25) is 28.9 Å². The molecule has 4 atom stereocenters. The zero-order valence-electron chi connectivity index (χ0n) is 23.5. The molecule has 0 radical (unpaired) electrons. The summed E-state index contributed by atoms with van der Waals surface area (Å²) >= 11 is 0. The number of aliphatic hydroxyl groups is 3. The van der Waals surface area contributed by atoms with Crippen LogP contribution >= 0.6 is 0 Å². The van der Waals surface area contributed by atoms with E-state index in [1.54, 1.807) is 6.07 Å². The summed E-state index contributed by atoms with van der Waals surface area (Å²) in [6, 6.07) is 11.2. The molecular weight excluding hydrogens is 560 g/mol. The summed E-state index contributed by atoms with van der Waals surface area (Å²) in [7, 11) is 3.07. The number of nitrogens with two attached hydrogens (primary N) is 1. The maximum atomic E-state index is 13.9. The van der Waals surface area contributed by atoms with Crippen LogP contribution in [0.15, 0.2) is 59.4 Å². The van der Waals surface area contributed by atoms with Crippen LogP contribution in [0.25, 0.3) is 5.76 Å². The van der Waals surface area contributed by atoms with E-state index in [2.05, 4.69) is 10.8 Å². The van der Waals surface area contributed by atoms with Crippen molar-refractivity contribution in [1.29, 1.82) is 0 Å². The second-order valence-electron chi connectivity index (χ2n) is 11.1. The lowest BCUT2D eigenvalue weighted by Crippen LogP contribution is -2.65. The number of aromatic hydroxyl groups is 1. The fraction of sp³-hybridized carbons (Fsp3) is 0.333. The van der Waals surface area contributed by atoms with E-state index < -0.39 is 69.7 Å². The van der Waals surface area contributed by atoms with Crippen molar-refractivity contribution in [2.75, 3.05) is 26.0 Å². The first-order valence-corrected chi connectivity index (χ1v) is 13.6. The van der Waals surface area contributed by atoms with E-state index >= 15 is 0 Å². The summed E-state index contributed by atoms with van der Waals surface area (Å²) in [5, 5.41) is 47.5. The summed E-state index contributed by atoms with van der Waals surface area (Å²) < 4.78 is 0. The third-order valence-corrected chi connectivity index (χ3v) is 8.28. The predicted octanol–water partition coefficient (Wildman–Crippen LogP) is 0.624. The highest BCUT2D eigenvalue weighted by Crippen LogP contribution is 2.53. The van der Waals surface area contributed by atoms with Crippen LogP contribution in [0.3, 0.4) is 0 Å². The molecule has 2 aromatic carbocycles. The summed E-state index contributed by atoms with van der Waals surface area (Å²) in [6.45, 7) is -0.0395. The molecule has 5 rings (SSSR count). The van der Waals surface area contributed by atoms with Gasteiger partial charge in [0.05, 0.1) is 23.9 Å². The monoisotopic (exact) mass is 592 g/mol. The normalized spacial score (nSPS) is 24.9. The number of primary amides is 1. The van der Waals surface area contributed by atoms with Crippen molar-refractivity contribution in [1.82, 2.24) is 10.4 Å². The van der Waals surface area contributed by atoms with Crippen molar-refractivity contribution < 1.29 is 44.4 Å². The van der Waals surface area contributed by atoms with E-state index in [1.807, 2.05) is 30.3 Å². The molecule has 0 aliphatic heterocycles. The molecule has 226 valence electrons. The number of benzene rings is 2. The zero-order chi connectivity index (χ0) is 31.2. The molecule has 0 spiro atoms. The number of amides is 2. The molecule has 2 aromatic rings. The van der Waals surface area contributed by atoms with Gasteiger partial charge in [-0.2, -0.15) is 5.48 Å². The van der Waals surface area contributed by atoms with Crippen LogP contribution in [0.1, 0.15) is 23.1 Å². The van der Waals surface area contributed by atoms with Gasteiger partial charge in [0.2, 0.25) is 11.7 Å². The molecule has 0 bridgehead atoms. The molecule has 0 heterocycles. The molecule has 13 heteroatoms. The molecule has 8 N–H and O–H groups in total. The number of nitrogens with zero attached hydrogens (tertiary/aromatic N) is 1. The van der Waals surface area contributed by atoms with E-state index in [1.165, 1.54) is 25.1 Å². The lowest BCUT2D eigenvalue weighted by molar-refractivity contribution is -0.153. The largest absolute Gasteiger partial charge is 0.508 e. The lowest BCUT2D eigenvalue weighted by atomic mass is 9.57. The van der Waals surface area contributed by atoms with Gasteiger partial charge in [-0.25, -0.2) is 0 Å². The van der Waals surface area contributed by atoms with Crippen LogP contribution in [0.5, 0.6) is 5.75 Å². The minimum absolute atomic E-state index is 0.0142. The van der Waals surface area contributed by atoms with Crippen molar-refractivity contribution in [2.45, 2.75) is 31.1 Å². The summed E-state index contributed by atoms with van der Waals surface area (Å²) in [6.07, 6.45) is 0.130. The summed E-state index contributed by atoms with van der Waals surface area (Å²) in [4.78, 5) is 58.4. The number of anilines is 1. The molecule has 1 saturated carbocycles. The molecule has 13 nitrogen and oxygen atoms in total. The molecule has 1 fully saturated rings. The molecule has 2 amide bonds. The quantitative estimate of drug-likeness (QED) is 0.0977. The lowest BCUT2D eigenvalue weighted by Gasteiger charge is -2.50. The smallest absolute Gasteiger partial charge is 0.255 e. The van der Waals surface area contributed by atoms with Gasteiger partial charge in [-0.15, -0.1) is 0 Å². The number of Topliss-reactive ketones (excluding diaryl/α,β-unsaturated/α-hetero) is 2. The average molecular weight is 593 g/mol. The Morgan fingerprint density at radius 1 is 1.09 bits per heavy atom. The Balaban J connectivity index is 1.43. The maximum Gasteiger partial charge on any atom is 0.255 e. The topological polar surface area (TPSA) is 212 Å². The standard InChI is InChI=1S/C30H32N4O9/c1-34(2)23-17-11-16-10-15-8-9-18(33-19(35)12-32-43-13-14-6-4-3-5-7-14)24(36)20(15)25(37)21(16)27(39)30(17,42)28(40)22(26(23)38)29(31)41/h3-9,16-17,23,32,36-37,40,42H,10-13H2,1-2H3,(H2,31,41)(H,33,35). The van der Waals surface area contributed by atoms with Crippen molar-refractivity contribution >= 4 is 34.8 Å². The zero-order valence-corrected chi connectivity index (χ0v) is 23.5. The van der Waals surface area contributed by atoms with Crippen LogP contribution in [0, 0.1) is 11.8 Å². The van der Waals surface area contributed by atoms with Gasteiger partial charge in [0.15, 0.2) is 11.4 Å². The number of phenolic OH excluding ortho intramolecular Hbond substituents is 1. The van der Waals surface area contributed by atoms with E-state index in [0.717, 1.165) is 5.56 Å². The second-order valence-corrected chi connectivity index (χ2v) is 11.1. The van der Waals surface area contributed by atoms with Crippen molar-refractivity contribution in [3.63, 3.8) is 0 Å². The van der Waals surface area contributed by atoms with E-state index in [9.17, 15) is 39.6 Å². The molecule has 0 saturated heterocycles. The molecule has 4 unspecified atom stereocenters. The number of nitrogens with one attached hydrogen (secondary N) is 2. The number of aliphatic hydroxyl groups excluding tert-OH is 2. The minimum atomic E-state index is -2.72. The molecule has 0 aromatic heterocycles. The molecule has 43 heavy (non-hydrogen) atoms. The number of rotatable bonds is 8. The Labute approximate surface area is 246 Å². The molecule has 3 aliphatic carbocycles. The van der Waals surface area contributed by atoms with Gasteiger partial charge < -0.3 is 31.5 Å². The Morgan fingerprint density at radius 3 is 2.44 bits per heavy atom. The molecule has 3 aliphatic rings. The van der Waals surface area contributed by atoms with Gasteiger partial charge in [0.1, 0.15) is 29.4 Å². The van der Waals surface area contributed by atoms with Gasteiger partial charge in [0, 0.05) is 11.5 Å². The Kier molecular flexibility index (Phi) is 7.84. The fourth-order valence-corrected chi connectivity index (χ4v) is 6.34. The highest BCUT2D eigenvalue weighted by molar-refractivity contribution is 6.24. The summed E-state index contributed by atoms with van der Waals surface area (Å²) in [5.74, 6) is -7.95. The first-order valence-electron chi connectivity index (χ1n) is 13.6. The van der Waals surface area contributed by atoms with Gasteiger partial charge in [-0.1, -0.05) is 36.4 Å². The van der Waals surface area contributed by atoms with Crippen LogP contribution < -0.4 is 16.5 Å². The first kappa shape index (κ1) is 29.9. The Morgan fingerprint density at radius 2 is 1.79 bits per heavy atom. The number of likely N-dealkylation sites (N-methyl/N-ethyl adjacent to an activating group) is 1. The predicted molar refractivity (Wildman–Crippen MR) is 152 cm³/mol. The van der Waals surface area contributed by atoms with E-state index in [4.69, 9.17) is 10.6 Å². The van der Waals surface area contributed by atoms with Crippen molar-refractivity contribution in [3.05, 3.63) is 76.1 Å². The third kappa shape index (κ3) is 4.95. The average Bonchev–Trinajstić information content (AvgIpc) is 2.95. The maximum absolute atomic E-state index is 13.9. The number of hydrogen-bond acceptors (Lipinski definition) is 11. The highest BCUT2D eigenvalue weighted by Gasteiger charge is 2.64. The van der Waals surface area contributed by atoms with Gasteiger partial charge >= 0.3 is 0 Å². The number of hydrogen-bond donors (Lipinski definition) is 7. The van der Waals surface area contributed by atoms with Crippen LogP contribution in [0.4, 0.5) is 5.69 Å². The Hall–Kier alpha value is -4.56. The second kappa shape index (κ2) is 11.3. The van der Waals surface area contributed by atoms with Gasteiger partial charge in [-0.05, 0) is 50.0 Å². The molecular formula is C30H32N4O9. The number of ketones is 2. The number of hydroxylamine groups is 1. The number of fused-ring (bicyclic) bond motifs is 3. The number of carbonyl (C=O) groups excluding carboxylic acids is 4. The van der Waals surface area contributed by atoms with E-state index in [0.29, 0.717) is 5.56 Å². The minimum Gasteiger partial charge on any atom is -0.508 e. The SMILES string of the molecule is CN(C)C1C(=O)C(C(N)=O)=C(O)C2(O)C(=O)C3=C(O)c4c(ccc(NC(=O)CNOCc5ccccc5)c4O)CC3CC12. The van der Waals surface area contributed by atoms with Crippen molar-refractivity contribution in [3.8, 4) is 5.75 Å². The highest BCUT2D eigenvalue weighted by atomic mass is 16.6. The van der Waals surface area contributed by atoms with Gasteiger partial charge in [0.25, 0.3) is 5.91 Å². The number of carbonyl (C=O) groups is 4. The number of phenols is 1. The first-order chi connectivity index (χ1) is 20.4. The third-order valence-electron chi connectivity index (χ3n) is 8.28. The van der Waals surface area contributed by atoms with Crippen molar-refractivity contribution in [2.24, 2.45) is 17.6 Å². The Bertz CT molecular complexity index is 1580. The van der Waals surface area contributed by atoms with Crippen LogP contribution in [-0.2, 0) is 37.0 Å². The van der Waals surface area contributed by atoms with Crippen LogP contribution in [0.2, 0.25) is 0 Å². The fourth-order valence-electron chi connectivity index (χ4n) is 6.34. The van der Waals surface area contributed by atoms with Crippen LogP contribution in [-0.4, -0.2) is 81.0 Å². The van der Waals surface area contributed by atoms with E-state index in [-0.39, 0.29) is 42.8 Å². The summed E-state index contributed by atoms with van der Waals surface area (Å²) in [5.41, 5.74) is 5.18.